The SMILES string of the molecule is COc1cc(NC(=O)C(OC)c2ccccc2)cc(OC)c1OC. The van der Waals surface area contributed by atoms with Gasteiger partial charge in [0.25, 0.3) is 5.91 Å². The van der Waals surface area contributed by atoms with Gasteiger partial charge in [-0.2, -0.15) is 0 Å². The molecule has 0 aliphatic carbocycles. The van der Waals surface area contributed by atoms with Crippen molar-refractivity contribution in [3.63, 3.8) is 0 Å². The van der Waals surface area contributed by atoms with Gasteiger partial charge in [-0.25, -0.2) is 0 Å². The molecule has 1 amide bonds. The van der Waals surface area contributed by atoms with Crippen molar-refractivity contribution >= 4 is 11.6 Å². The molecule has 0 radical (unpaired) electrons. The highest BCUT2D eigenvalue weighted by Gasteiger charge is 2.21. The van der Waals surface area contributed by atoms with Crippen LogP contribution in [0, 0.1) is 0 Å². The van der Waals surface area contributed by atoms with E-state index in [9.17, 15) is 4.79 Å². The third kappa shape index (κ3) is 3.78. The molecule has 128 valence electrons. The fraction of sp³-hybridized carbons (Fsp3) is 0.278. The first-order valence-electron chi connectivity index (χ1n) is 7.33. The van der Waals surface area contributed by atoms with Crippen molar-refractivity contribution in [1.82, 2.24) is 0 Å². The predicted molar refractivity (Wildman–Crippen MR) is 90.9 cm³/mol. The number of anilines is 1. The van der Waals surface area contributed by atoms with E-state index < -0.39 is 6.10 Å². The minimum absolute atomic E-state index is 0.294. The molecule has 0 heterocycles. The number of nitrogens with one attached hydrogen (secondary N) is 1. The number of hydrogen-bond acceptors (Lipinski definition) is 5. The summed E-state index contributed by atoms with van der Waals surface area (Å²) >= 11 is 0. The minimum Gasteiger partial charge on any atom is -0.493 e. The van der Waals surface area contributed by atoms with Crippen LogP contribution in [0.2, 0.25) is 0 Å². The van der Waals surface area contributed by atoms with Crippen molar-refractivity contribution in [3.05, 3.63) is 48.0 Å². The molecule has 1 unspecified atom stereocenters. The Morgan fingerprint density at radius 2 is 1.50 bits per heavy atom. The van der Waals surface area contributed by atoms with Crippen molar-refractivity contribution in [2.75, 3.05) is 33.8 Å². The molecule has 2 rings (SSSR count). The average molecular weight is 331 g/mol. The Bertz CT molecular complexity index is 662. The highest BCUT2D eigenvalue weighted by Crippen LogP contribution is 2.40. The first-order chi connectivity index (χ1) is 11.6. The van der Waals surface area contributed by atoms with E-state index in [1.807, 2.05) is 30.3 Å². The van der Waals surface area contributed by atoms with E-state index in [0.29, 0.717) is 22.9 Å². The Hall–Kier alpha value is -2.73. The van der Waals surface area contributed by atoms with Crippen LogP contribution in [-0.4, -0.2) is 34.3 Å². The van der Waals surface area contributed by atoms with Gasteiger partial charge in [-0.05, 0) is 5.56 Å². The lowest BCUT2D eigenvalue weighted by atomic mass is 10.1. The van der Waals surface area contributed by atoms with Gasteiger partial charge in [0.1, 0.15) is 0 Å². The smallest absolute Gasteiger partial charge is 0.258 e. The Balaban J connectivity index is 2.28. The number of methoxy groups -OCH3 is 4. The van der Waals surface area contributed by atoms with Crippen LogP contribution in [0.4, 0.5) is 5.69 Å². The molecule has 0 spiro atoms. The molecule has 0 bridgehead atoms. The molecule has 0 aliphatic heterocycles. The standard InChI is InChI=1S/C18H21NO5/c1-21-14-10-13(11-15(22-2)17(14)24-4)19-18(20)16(23-3)12-8-6-5-7-9-12/h5-11,16H,1-4H3,(H,19,20). The highest BCUT2D eigenvalue weighted by molar-refractivity contribution is 5.95. The quantitative estimate of drug-likeness (QED) is 0.845. The second kappa shape index (κ2) is 8.21. The lowest BCUT2D eigenvalue weighted by Crippen LogP contribution is -2.22. The van der Waals surface area contributed by atoms with Gasteiger partial charge >= 0.3 is 0 Å². The summed E-state index contributed by atoms with van der Waals surface area (Å²) in [5.74, 6) is 1.09. The summed E-state index contributed by atoms with van der Waals surface area (Å²) in [6, 6.07) is 12.6. The molecule has 1 atom stereocenters. The van der Waals surface area contributed by atoms with Crippen LogP contribution in [0.1, 0.15) is 11.7 Å². The fourth-order valence-electron chi connectivity index (χ4n) is 2.38. The van der Waals surface area contributed by atoms with Gasteiger partial charge in [-0.15, -0.1) is 0 Å². The fourth-order valence-corrected chi connectivity index (χ4v) is 2.38. The number of ether oxygens (including phenoxy) is 4. The molecule has 6 heteroatoms. The second-order valence-corrected chi connectivity index (χ2v) is 4.93. The van der Waals surface area contributed by atoms with E-state index in [0.717, 1.165) is 5.56 Å². The third-order valence-electron chi connectivity index (χ3n) is 3.51. The Morgan fingerprint density at radius 3 is 1.96 bits per heavy atom. The van der Waals surface area contributed by atoms with Crippen molar-refractivity contribution in [2.24, 2.45) is 0 Å². The van der Waals surface area contributed by atoms with Crippen molar-refractivity contribution in [1.29, 1.82) is 0 Å². The molecule has 0 saturated carbocycles. The van der Waals surface area contributed by atoms with Crippen molar-refractivity contribution < 1.29 is 23.7 Å². The summed E-state index contributed by atoms with van der Waals surface area (Å²) in [6.07, 6.45) is -0.717. The molecular formula is C18H21NO5. The molecule has 0 aliphatic rings. The highest BCUT2D eigenvalue weighted by atomic mass is 16.5. The summed E-state index contributed by atoms with van der Waals surface area (Å²) in [4.78, 5) is 12.5. The lowest BCUT2D eigenvalue weighted by molar-refractivity contribution is -0.126. The van der Waals surface area contributed by atoms with E-state index in [2.05, 4.69) is 5.32 Å². The van der Waals surface area contributed by atoms with E-state index in [1.54, 1.807) is 12.1 Å². The third-order valence-corrected chi connectivity index (χ3v) is 3.51. The molecule has 24 heavy (non-hydrogen) atoms. The zero-order valence-corrected chi connectivity index (χ0v) is 14.2. The number of benzene rings is 2. The summed E-state index contributed by atoms with van der Waals surface area (Å²) in [7, 11) is 6.05. The maximum Gasteiger partial charge on any atom is 0.258 e. The van der Waals surface area contributed by atoms with E-state index in [4.69, 9.17) is 18.9 Å². The lowest BCUT2D eigenvalue weighted by Gasteiger charge is -2.18. The van der Waals surface area contributed by atoms with Crippen LogP contribution >= 0.6 is 0 Å². The van der Waals surface area contributed by atoms with Crippen LogP contribution in [0.5, 0.6) is 17.2 Å². The Morgan fingerprint density at radius 1 is 0.917 bits per heavy atom. The van der Waals surface area contributed by atoms with Crippen LogP contribution in [0.3, 0.4) is 0 Å². The van der Waals surface area contributed by atoms with Gasteiger partial charge in [0.2, 0.25) is 5.75 Å². The van der Waals surface area contributed by atoms with Gasteiger partial charge in [0, 0.05) is 24.9 Å². The van der Waals surface area contributed by atoms with Crippen molar-refractivity contribution in [3.8, 4) is 17.2 Å². The molecule has 0 aromatic heterocycles. The first-order valence-corrected chi connectivity index (χ1v) is 7.33. The van der Waals surface area contributed by atoms with Gasteiger partial charge in [0.05, 0.1) is 21.3 Å². The van der Waals surface area contributed by atoms with E-state index >= 15 is 0 Å². The zero-order chi connectivity index (χ0) is 17.5. The largest absolute Gasteiger partial charge is 0.493 e. The average Bonchev–Trinajstić information content (AvgIpc) is 2.62. The van der Waals surface area contributed by atoms with Crippen LogP contribution in [0.25, 0.3) is 0 Å². The van der Waals surface area contributed by atoms with Crippen LogP contribution in [0.15, 0.2) is 42.5 Å². The molecule has 2 aromatic rings. The number of carbonyl (C=O) groups is 1. The van der Waals surface area contributed by atoms with E-state index in [1.165, 1.54) is 28.4 Å². The first kappa shape index (κ1) is 17.6. The number of carbonyl (C=O) groups excluding carboxylic acids is 1. The Labute approximate surface area is 141 Å². The molecule has 1 N–H and O–H groups in total. The molecule has 2 aromatic carbocycles. The minimum atomic E-state index is -0.717. The summed E-state index contributed by atoms with van der Waals surface area (Å²) in [6.45, 7) is 0. The zero-order valence-electron chi connectivity index (χ0n) is 14.2. The topological polar surface area (TPSA) is 66.0 Å². The van der Waals surface area contributed by atoms with Crippen molar-refractivity contribution in [2.45, 2.75) is 6.10 Å². The monoisotopic (exact) mass is 331 g/mol. The number of hydrogen-bond donors (Lipinski definition) is 1. The maximum atomic E-state index is 12.5. The molecule has 0 saturated heterocycles. The van der Waals surface area contributed by atoms with Crippen LogP contribution in [-0.2, 0) is 9.53 Å². The molecule has 6 nitrogen and oxygen atoms in total. The number of amides is 1. The second-order valence-electron chi connectivity index (χ2n) is 4.93. The van der Waals surface area contributed by atoms with Gasteiger partial charge in [0.15, 0.2) is 17.6 Å². The van der Waals surface area contributed by atoms with E-state index in [-0.39, 0.29) is 5.91 Å². The molecular weight excluding hydrogens is 310 g/mol. The summed E-state index contributed by atoms with van der Waals surface area (Å²) in [5.41, 5.74) is 1.29. The molecule has 0 fully saturated rings. The van der Waals surface area contributed by atoms with Gasteiger partial charge < -0.3 is 24.3 Å². The maximum absolute atomic E-state index is 12.5. The van der Waals surface area contributed by atoms with Gasteiger partial charge in [-0.3, -0.25) is 4.79 Å². The summed E-state index contributed by atoms with van der Waals surface area (Å²) in [5, 5.41) is 2.81. The van der Waals surface area contributed by atoms with Crippen LogP contribution < -0.4 is 19.5 Å². The predicted octanol–water partition coefficient (Wildman–Crippen LogP) is 3.04. The summed E-state index contributed by atoms with van der Waals surface area (Å²) < 4.78 is 21.2. The normalized spacial score (nSPS) is 11.5. The Kier molecular flexibility index (Phi) is 6.03. The van der Waals surface area contributed by atoms with Gasteiger partial charge in [-0.1, -0.05) is 30.3 Å². The number of rotatable bonds is 7.